The highest BCUT2D eigenvalue weighted by Crippen LogP contribution is 2.10. The molecule has 40 valence electrons. The molecule has 1 rings (SSSR count). The zero-order chi connectivity index (χ0) is 5.82. The predicted octanol–water partition coefficient (Wildman–Crippen LogP) is 1.27. The fraction of sp³-hybridized carbons (Fsp3) is 0. The standard InChI is InChI=1S/C3HN3S2/c7-1-4-3-6-5-2-8-3/h2H. The topological polar surface area (TPSA) is 38.1 Å². The molecule has 0 amide bonds. The first kappa shape index (κ1) is 5.50. The van der Waals surface area contributed by atoms with Crippen LogP contribution in [0.25, 0.3) is 0 Å². The molecule has 0 unspecified atom stereocenters. The summed E-state index contributed by atoms with van der Waals surface area (Å²) in [5, 5.41) is 9.85. The summed E-state index contributed by atoms with van der Waals surface area (Å²) in [6.45, 7) is 0. The molecule has 1 aromatic rings. The second-order valence-corrected chi connectivity index (χ2v) is 1.92. The molecular formula is C3HN3S2. The lowest BCUT2D eigenvalue weighted by molar-refractivity contribution is 1.08. The predicted molar refractivity (Wildman–Crippen MR) is 34.6 cm³/mol. The third-order valence-corrected chi connectivity index (χ3v) is 1.16. The number of nitrogens with zero attached hydrogens (tertiary/aromatic N) is 3. The Labute approximate surface area is 55.1 Å². The van der Waals surface area contributed by atoms with Gasteiger partial charge in [-0.05, 0) is 12.2 Å². The number of rotatable bonds is 1. The Bertz CT molecular complexity index is 198. The van der Waals surface area contributed by atoms with Crippen LogP contribution in [0.15, 0.2) is 10.5 Å². The van der Waals surface area contributed by atoms with Gasteiger partial charge in [-0.25, -0.2) is 0 Å². The number of aliphatic imine (C=N–C) groups is 1. The molecule has 0 bridgehead atoms. The van der Waals surface area contributed by atoms with Crippen LogP contribution in [0.4, 0.5) is 5.13 Å². The van der Waals surface area contributed by atoms with Gasteiger partial charge in [-0.2, -0.15) is 4.99 Å². The monoisotopic (exact) mass is 143 g/mol. The van der Waals surface area contributed by atoms with Crippen LogP contribution in [0, 0.1) is 0 Å². The number of thiocarbonyl (C=S) groups is 1. The van der Waals surface area contributed by atoms with Crippen molar-refractivity contribution >= 4 is 33.8 Å². The van der Waals surface area contributed by atoms with Crippen LogP contribution < -0.4 is 0 Å². The number of hydrogen-bond acceptors (Lipinski definition) is 5. The molecule has 8 heavy (non-hydrogen) atoms. The van der Waals surface area contributed by atoms with Crippen molar-refractivity contribution in [2.75, 3.05) is 0 Å². The fourth-order valence-corrected chi connectivity index (χ4v) is 0.780. The Morgan fingerprint density at radius 1 is 1.88 bits per heavy atom. The lowest BCUT2D eigenvalue weighted by Crippen LogP contribution is -1.60. The molecule has 0 fully saturated rings. The normalized spacial score (nSPS) is 8.00. The number of isothiocyanates is 1. The molecule has 3 nitrogen and oxygen atoms in total. The summed E-state index contributed by atoms with van der Waals surface area (Å²) >= 11 is 5.65. The molecule has 0 aliphatic carbocycles. The van der Waals surface area contributed by atoms with Crippen LogP contribution >= 0.6 is 23.6 Å². The summed E-state index contributed by atoms with van der Waals surface area (Å²) in [7, 11) is 0. The summed E-state index contributed by atoms with van der Waals surface area (Å²) in [6, 6.07) is 0. The number of hydrogen-bond donors (Lipinski definition) is 0. The molecule has 0 radical (unpaired) electrons. The van der Waals surface area contributed by atoms with E-state index in [-0.39, 0.29) is 0 Å². The van der Waals surface area contributed by atoms with Crippen molar-refractivity contribution < 1.29 is 0 Å². The van der Waals surface area contributed by atoms with Crippen molar-refractivity contribution in [3.8, 4) is 0 Å². The summed E-state index contributed by atoms with van der Waals surface area (Å²) in [6.07, 6.45) is 0. The highest BCUT2D eigenvalue weighted by molar-refractivity contribution is 7.78. The zero-order valence-electron chi connectivity index (χ0n) is 3.74. The highest BCUT2D eigenvalue weighted by atomic mass is 32.1. The van der Waals surface area contributed by atoms with Crippen LogP contribution in [0.3, 0.4) is 0 Å². The van der Waals surface area contributed by atoms with E-state index in [1.165, 1.54) is 11.3 Å². The molecule has 0 aromatic carbocycles. The lowest BCUT2D eigenvalue weighted by Gasteiger charge is -1.66. The van der Waals surface area contributed by atoms with E-state index in [1.54, 1.807) is 5.51 Å². The molecule has 0 N–H and O–H groups in total. The molecular weight excluding hydrogens is 142 g/mol. The van der Waals surface area contributed by atoms with Gasteiger partial charge in [-0.15, -0.1) is 10.2 Å². The summed E-state index contributed by atoms with van der Waals surface area (Å²) < 4.78 is 0. The maximum Gasteiger partial charge on any atom is 0.240 e. The van der Waals surface area contributed by atoms with Crippen molar-refractivity contribution in [1.29, 1.82) is 0 Å². The van der Waals surface area contributed by atoms with E-state index in [2.05, 4.69) is 32.6 Å². The van der Waals surface area contributed by atoms with Gasteiger partial charge in [0.2, 0.25) is 5.13 Å². The Hall–Kier alpha value is -0.640. The summed E-state index contributed by atoms with van der Waals surface area (Å²) in [4.78, 5) is 3.58. The third kappa shape index (κ3) is 1.16. The molecule has 0 aliphatic rings. The molecule has 0 spiro atoms. The molecule has 0 saturated heterocycles. The molecule has 1 aromatic heterocycles. The van der Waals surface area contributed by atoms with Crippen molar-refractivity contribution in [2.45, 2.75) is 0 Å². The Morgan fingerprint density at radius 2 is 2.75 bits per heavy atom. The van der Waals surface area contributed by atoms with Crippen molar-refractivity contribution in [3.05, 3.63) is 5.51 Å². The van der Waals surface area contributed by atoms with Crippen molar-refractivity contribution in [2.24, 2.45) is 4.99 Å². The van der Waals surface area contributed by atoms with Gasteiger partial charge in [0.05, 0.1) is 5.16 Å². The molecule has 1 heterocycles. The largest absolute Gasteiger partial charge is 0.240 e. The minimum Gasteiger partial charge on any atom is -0.161 e. The Morgan fingerprint density at radius 3 is 3.25 bits per heavy atom. The smallest absolute Gasteiger partial charge is 0.161 e. The van der Waals surface area contributed by atoms with Gasteiger partial charge in [0, 0.05) is 0 Å². The van der Waals surface area contributed by atoms with E-state index in [9.17, 15) is 0 Å². The minimum atomic E-state index is 0.556. The van der Waals surface area contributed by atoms with E-state index < -0.39 is 0 Å². The van der Waals surface area contributed by atoms with Crippen LogP contribution in [0.2, 0.25) is 0 Å². The molecule has 0 saturated carbocycles. The fourth-order valence-electron chi connectivity index (χ4n) is 0.255. The second-order valence-electron chi connectivity index (χ2n) is 0.924. The van der Waals surface area contributed by atoms with Crippen LogP contribution in [0.1, 0.15) is 0 Å². The summed E-state index contributed by atoms with van der Waals surface area (Å²) in [5.74, 6) is 0. The van der Waals surface area contributed by atoms with Gasteiger partial charge >= 0.3 is 0 Å². The maximum atomic E-state index is 4.32. The third-order valence-electron chi connectivity index (χ3n) is 0.490. The maximum absolute atomic E-state index is 4.32. The quantitative estimate of drug-likeness (QED) is 0.439. The zero-order valence-corrected chi connectivity index (χ0v) is 5.37. The second kappa shape index (κ2) is 2.61. The van der Waals surface area contributed by atoms with E-state index in [0.717, 1.165) is 0 Å². The Balaban J connectivity index is 2.93. The number of aromatic nitrogens is 2. The average Bonchev–Trinajstić information content (AvgIpc) is 2.19. The highest BCUT2D eigenvalue weighted by Gasteiger charge is 1.85. The Kier molecular flexibility index (Phi) is 1.80. The van der Waals surface area contributed by atoms with Crippen LogP contribution in [-0.4, -0.2) is 15.4 Å². The molecule has 0 aliphatic heterocycles. The molecule has 5 heteroatoms. The van der Waals surface area contributed by atoms with Crippen molar-refractivity contribution in [1.82, 2.24) is 10.2 Å². The van der Waals surface area contributed by atoms with Gasteiger partial charge in [-0.1, -0.05) is 11.3 Å². The van der Waals surface area contributed by atoms with Crippen molar-refractivity contribution in [3.63, 3.8) is 0 Å². The first-order valence-electron chi connectivity index (χ1n) is 1.77. The van der Waals surface area contributed by atoms with Gasteiger partial charge in [0.1, 0.15) is 5.51 Å². The first-order chi connectivity index (χ1) is 3.93. The SMILES string of the molecule is S=C=Nc1nncs1. The minimum absolute atomic E-state index is 0.556. The average molecular weight is 143 g/mol. The lowest BCUT2D eigenvalue weighted by atomic mass is 11.2. The van der Waals surface area contributed by atoms with Crippen LogP contribution in [-0.2, 0) is 0 Å². The first-order valence-corrected chi connectivity index (χ1v) is 3.06. The van der Waals surface area contributed by atoms with E-state index in [4.69, 9.17) is 0 Å². The molecule has 0 atom stereocenters. The van der Waals surface area contributed by atoms with Gasteiger partial charge in [-0.3, -0.25) is 0 Å². The van der Waals surface area contributed by atoms with Crippen LogP contribution in [0.5, 0.6) is 0 Å². The van der Waals surface area contributed by atoms with E-state index in [1.807, 2.05) is 0 Å². The summed E-state index contributed by atoms with van der Waals surface area (Å²) in [5.41, 5.74) is 1.59. The van der Waals surface area contributed by atoms with E-state index in [0.29, 0.717) is 5.13 Å². The van der Waals surface area contributed by atoms with Gasteiger partial charge < -0.3 is 0 Å². The van der Waals surface area contributed by atoms with E-state index >= 15 is 0 Å². The van der Waals surface area contributed by atoms with Gasteiger partial charge in [0.15, 0.2) is 0 Å². The van der Waals surface area contributed by atoms with Gasteiger partial charge in [0.25, 0.3) is 0 Å².